The van der Waals surface area contributed by atoms with Crippen LogP contribution in [-0.4, -0.2) is 63.5 Å². The average Bonchev–Trinajstić information content (AvgIpc) is 3.27. The van der Waals surface area contributed by atoms with E-state index < -0.39 is 0 Å². The number of amides is 2. The summed E-state index contributed by atoms with van der Waals surface area (Å²) in [7, 11) is 0. The third-order valence-corrected chi connectivity index (χ3v) is 5.08. The number of carbonyl (C=O) groups excluding carboxylic acids is 2. The molecule has 0 unspecified atom stereocenters. The summed E-state index contributed by atoms with van der Waals surface area (Å²) in [5.41, 5.74) is 1.90. The molecule has 2 aliphatic heterocycles. The number of hydrogen-bond acceptors (Lipinski definition) is 4. The lowest BCUT2D eigenvalue weighted by Gasteiger charge is -2.22. The summed E-state index contributed by atoms with van der Waals surface area (Å²) >= 11 is 6.01. The van der Waals surface area contributed by atoms with Crippen LogP contribution in [0.4, 0.5) is 4.79 Å². The molecule has 2 fully saturated rings. The molecule has 0 spiro atoms. The number of hydrogen-bond donors (Lipinski definition) is 1. The number of aromatic amines is 1. The van der Waals surface area contributed by atoms with E-state index >= 15 is 0 Å². The number of carbonyl (C=O) groups is 2. The van der Waals surface area contributed by atoms with E-state index in [4.69, 9.17) is 16.3 Å². The van der Waals surface area contributed by atoms with Gasteiger partial charge in [0.05, 0.1) is 12.6 Å². The predicted molar refractivity (Wildman–Crippen MR) is 95.1 cm³/mol. The summed E-state index contributed by atoms with van der Waals surface area (Å²) in [6.45, 7) is 3.22. The van der Waals surface area contributed by atoms with Gasteiger partial charge in [-0.3, -0.25) is 9.69 Å². The minimum Gasteiger partial charge on any atom is -0.442 e. The minimum atomic E-state index is -0.317. The maximum absolute atomic E-state index is 12.6. The Balaban J connectivity index is 1.42. The molecule has 1 N–H and O–H groups in total. The van der Waals surface area contributed by atoms with Gasteiger partial charge in [0, 0.05) is 30.0 Å². The molecule has 0 radical (unpaired) electrons. The Bertz CT molecular complexity index is 852. The number of nitrogens with one attached hydrogen (secondary N) is 1. The van der Waals surface area contributed by atoms with Gasteiger partial charge in [0.1, 0.15) is 6.10 Å². The van der Waals surface area contributed by atoms with E-state index in [1.807, 2.05) is 31.2 Å². The summed E-state index contributed by atoms with van der Waals surface area (Å²) in [5, 5.41) is 0.677. The average molecular weight is 375 g/mol. The lowest BCUT2D eigenvalue weighted by Crippen LogP contribution is -2.40. The number of likely N-dealkylation sites (tertiary alicyclic amines) is 1. The standard InChI is InChI=1S/C18H19ClN4O3/c1-11-8-20-16(21-11)17(24)22-9-14-15(10-22)26-18(25)23(14)6-5-12-3-2-4-13(19)7-12/h2-4,7-8,14-15H,5-6,9-10H2,1H3,(H,20,21)/t14-,15+/m0/s1. The van der Waals surface area contributed by atoms with Crippen LogP contribution in [0.25, 0.3) is 0 Å². The topological polar surface area (TPSA) is 78.5 Å². The molecule has 136 valence electrons. The van der Waals surface area contributed by atoms with Gasteiger partial charge >= 0.3 is 6.09 Å². The second-order valence-electron chi connectivity index (χ2n) is 6.69. The second kappa shape index (κ2) is 6.64. The van der Waals surface area contributed by atoms with Crippen LogP contribution in [0.15, 0.2) is 30.5 Å². The van der Waals surface area contributed by atoms with Gasteiger partial charge in [-0.05, 0) is 31.0 Å². The van der Waals surface area contributed by atoms with E-state index in [1.54, 1.807) is 16.0 Å². The Hall–Kier alpha value is -2.54. The smallest absolute Gasteiger partial charge is 0.410 e. The van der Waals surface area contributed by atoms with Crippen LogP contribution in [0.1, 0.15) is 21.9 Å². The van der Waals surface area contributed by atoms with E-state index in [1.165, 1.54) is 0 Å². The van der Waals surface area contributed by atoms with Crippen LogP contribution in [0.5, 0.6) is 0 Å². The minimum absolute atomic E-state index is 0.123. The molecule has 0 aliphatic carbocycles. The summed E-state index contributed by atoms with van der Waals surface area (Å²) in [5.74, 6) is 0.151. The Kier molecular flexibility index (Phi) is 4.32. The van der Waals surface area contributed by atoms with Crippen molar-refractivity contribution in [2.75, 3.05) is 19.6 Å². The molecule has 8 heteroatoms. The van der Waals surface area contributed by atoms with Crippen molar-refractivity contribution < 1.29 is 14.3 Å². The molecule has 0 bridgehead atoms. The highest BCUT2D eigenvalue weighted by molar-refractivity contribution is 6.30. The summed E-state index contributed by atoms with van der Waals surface area (Å²) in [6.07, 6.45) is 1.70. The molecule has 2 saturated heterocycles. The van der Waals surface area contributed by atoms with Crippen molar-refractivity contribution in [3.8, 4) is 0 Å². The van der Waals surface area contributed by atoms with Crippen molar-refractivity contribution >= 4 is 23.6 Å². The van der Waals surface area contributed by atoms with Crippen LogP contribution in [-0.2, 0) is 11.2 Å². The number of imidazole rings is 1. The first-order valence-electron chi connectivity index (χ1n) is 8.54. The number of halogens is 1. The largest absolute Gasteiger partial charge is 0.442 e. The van der Waals surface area contributed by atoms with Crippen molar-refractivity contribution in [1.82, 2.24) is 19.8 Å². The van der Waals surface area contributed by atoms with Gasteiger partial charge in [-0.1, -0.05) is 23.7 Å². The van der Waals surface area contributed by atoms with Crippen LogP contribution in [0.2, 0.25) is 5.02 Å². The summed E-state index contributed by atoms with van der Waals surface area (Å²) < 4.78 is 5.47. The van der Waals surface area contributed by atoms with Crippen molar-refractivity contribution in [3.63, 3.8) is 0 Å². The number of fused-ring (bicyclic) bond motifs is 1. The molecule has 26 heavy (non-hydrogen) atoms. The maximum Gasteiger partial charge on any atom is 0.410 e. The van der Waals surface area contributed by atoms with E-state index in [2.05, 4.69) is 9.97 Å². The van der Waals surface area contributed by atoms with Gasteiger partial charge in [0.25, 0.3) is 5.91 Å². The zero-order valence-electron chi connectivity index (χ0n) is 14.3. The first-order chi connectivity index (χ1) is 12.5. The Morgan fingerprint density at radius 1 is 1.42 bits per heavy atom. The normalized spacial score (nSPS) is 21.8. The van der Waals surface area contributed by atoms with Gasteiger partial charge < -0.3 is 14.6 Å². The van der Waals surface area contributed by atoms with Gasteiger partial charge in [0.2, 0.25) is 0 Å². The van der Waals surface area contributed by atoms with Gasteiger partial charge in [-0.2, -0.15) is 0 Å². The highest BCUT2D eigenvalue weighted by Crippen LogP contribution is 2.28. The molecule has 1 aromatic heterocycles. The Morgan fingerprint density at radius 3 is 3.00 bits per heavy atom. The quantitative estimate of drug-likeness (QED) is 0.890. The monoisotopic (exact) mass is 374 g/mol. The number of H-pyrrole nitrogens is 1. The van der Waals surface area contributed by atoms with Crippen LogP contribution < -0.4 is 0 Å². The highest BCUT2D eigenvalue weighted by Gasteiger charge is 2.48. The second-order valence-corrected chi connectivity index (χ2v) is 7.12. The Labute approximate surface area is 155 Å². The van der Waals surface area contributed by atoms with Crippen LogP contribution >= 0.6 is 11.6 Å². The molecule has 2 amide bonds. The lowest BCUT2D eigenvalue weighted by molar-refractivity contribution is 0.0718. The van der Waals surface area contributed by atoms with Crippen molar-refractivity contribution in [2.45, 2.75) is 25.5 Å². The fraction of sp³-hybridized carbons (Fsp3) is 0.389. The van der Waals surface area contributed by atoms with Crippen molar-refractivity contribution in [2.24, 2.45) is 0 Å². The fourth-order valence-corrected chi connectivity index (χ4v) is 3.75. The number of aromatic nitrogens is 2. The first kappa shape index (κ1) is 16.9. The van der Waals surface area contributed by atoms with E-state index in [9.17, 15) is 9.59 Å². The number of benzene rings is 1. The number of aryl methyl sites for hydroxylation is 1. The predicted octanol–water partition coefficient (Wildman–Crippen LogP) is 2.26. The number of ether oxygens (including phenoxy) is 1. The molecular formula is C18H19ClN4O3. The molecule has 0 saturated carbocycles. The molecule has 2 aliphatic rings. The molecule has 3 heterocycles. The SMILES string of the molecule is Cc1cnc(C(=O)N2C[C@H]3OC(=O)N(CCc4cccc(Cl)c4)[C@H]3C2)[nH]1. The number of nitrogens with zero attached hydrogens (tertiary/aromatic N) is 3. The van der Waals surface area contributed by atoms with E-state index in [-0.39, 0.29) is 24.1 Å². The van der Waals surface area contributed by atoms with E-state index in [0.717, 1.165) is 11.3 Å². The lowest BCUT2D eigenvalue weighted by atomic mass is 10.1. The Morgan fingerprint density at radius 2 is 2.27 bits per heavy atom. The van der Waals surface area contributed by atoms with Crippen LogP contribution in [0.3, 0.4) is 0 Å². The summed E-state index contributed by atoms with van der Waals surface area (Å²) in [4.78, 5) is 35.2. The highest BCUT2D eigenvalue weighted by atomic mass is 35.5. The molecule has 1 aromatic carbocycles. The first-order valence-corrected chi connectivity index (χ1v) is 8.91. The molecule has 7 nitrogen and oxygen atoms in total. The zero-order chi connectivity index (χ0) is 18.3. The van der Waals surface area contributed by atoms with Gasteiger partial charge in [0.15, 0.2) is 5.82 Å². The molecule has 4 rings (SSSR count). The van der Waals surface area contributed by atoms with Crippen LogP contribution in [0, 0.1) is 6.92 Å². The zero-order valence-corrected chi connectivity index (χ0v) is 15.1. The summed E-state index contributed by atoms with van der Waals surface area (Å²) in [6, 6.07) is 7.46. The number of rotatable bonds is 4. The molecular weight excluding hydrogens is 356 g/mol. The van der Waals surface area contributed by atoms with Crippen molar-refractivity contribution in [1.29, 1.82) is 0 Å². The van der Waals surface area contributed by atoms with Gasteiger partial charge in [-0.15, -0.1) is 0 Å². The molecule has 2 aromatic rings. The van der Waals surface area contributed by atoms with Crippen molar-refractivity contribution in [3.05, 3.63) is 52.6 Å². The third kappa shape index (κ3) is 3.14. The third-order valence-electron chi connectivity index (χ3n) is 4.85. The fourth-order valence-electron chi connectivity index (χ4n) is 3.54. The van der Waals surface area contributed by atoms with E-state index in [0.29, 0.717) is 36.9 Å². The van der Waals surface area contributed by atoms with Gasteiger partial charge in [-0.25, -0.2) is 9.78 Å². The maximum atomic E-state index is 12.6. The molecule has 2 atom stereocenters.